The van der Waals surface area contributed by atoms with Crippen LogP contribution in [-0.2, 0) is 11.2 Å². The second-order valence-electron chi connectivity index (χ2n) is 4.79. The van der Waals surface area contributed by atoms with Crippen LogP contribution in [0.1, 0.15) is 11.3 Å². The minimum atomic E-state index is -0.466. The molecule has 0 saturated heterocycles. The molecule has 1 heterocycles. The number of benzene rings is 2. The Kier molecular flexibility index (Phi) is 3.39. The zero-order chi connectivity index (χ0) is 14.8. The van der Waals surface area contributed by atoms with E-state index >= 15 is 0 Å². The molecule has 4 nitrogen and oxygen atoms in total. The molecule has 1 amide bonds. The molecule has 0 aliphatic rings. The molecule has 0 atom stereocenters. The van der Waals surface area contributed by atoms with Crippen LogP contribution < -0.4 is 5.32 Å². The number of anilines is 1. The van der Waals surface area contributed by atoms with Crippen LogP contribution in [-0.4, -0.2) is 11.1 Å². The number of carbonyl (C=O) groups excluding carboxylic acids is 1. The number of fused-ring (bicyclic) bond motifs is 1. The number of aryl methyl sites for hydroxylation is 1. The fraction of sp³-hybridized carbons (Fsp3) is 0.125. The number of amides is 1. The maximum absolute atomic E-state index is 13.5. The third-order valence-electron chi connectivity index (χ3n) is 3.25. The van der Waals surface area contributed by atoms with Gasteiger partial charge in [0.2, 0.25) is 5.91 Å². The normalized spacial score (nSPS) is 10.8. The van der Waals surface area contributed by atoms with E-state index in [1.54, 1.807) is 12.1 Å². The molecule has 2 aromatic carbocycles. The van der Waals surface area contributed by atoms with Gasteiger partial charge in [0.15, 0.2) is 5.58 Å². The Balaban J connectivity index is 1.81. The van der Waals surface area contributed by atoms with Gasteiger partial charge in [0.25, 0.3) is 0 Å². The number of hydrogen-bond acceptors (Lipinski definition) is 3. The van der Waals surface area contributed by atoms with Crippen LogP contribution in [0.15, 0.2) is 47.0 Å². The van der Waals surface area contributed by atoms with Gasteiger partial charge in [0.05, 0.1) is 12.1 Å². The fourth-order valence-electron chi connectivity index (χ4n) is 2.19. The van der Waals surface area contributed by atoms with Crippen LogP contribution in [0.5, 0.6) is 0 Å². The van der Waals surface area contributed by atoms with Crippen LogP contribution in [0.2, 0.25) is 0 Å². The Morgan fingerprint density at radius 2 is 2.05 bits per heavy atom. The average molecular weight is 284 g/mol. The summed E-state index contributed by atoms with van der Waals surface area (Å²) in [6.07, 6.45) is 0.0325. The highest BCUT2D eigenvalue weighted by Gasteiger charge is 2.14. The van der Waals surface area contributed by atoms with Gasteiger partial charge in [0.1, 0.15) is 11.5 Å². The van der Waals surface area contributed by atoms with Crippen LogP contribution in [0.3, 0.4) is 0 Å². The molecule has 106 valence electrons. The molecule has 3 rings (SSSR count). The molecule has 0 saturated carbocycles. The summed E-state index contributed by atoms with van der Waals surface area (Å²) in [5.74, 6) is -0.802. The van der Waals surface area contributed by atoms with Crippen LogP contribution >= 0.6 is 0 Å². The van der Waals surface area contributed by atoms with Crippen LogP contribution in [0.25, 0.3) is 11.0 Å². The molecular formula is C16H13FN2O2. The third-order valence-corrected chi connectivity index (χ3v) is 3.25. The molecule has 0 fully saturated rings. The second kappa shape index (κ2) is 5.36. The van der Waals surface area contributed by atoms with E-state index in [4.69, 9.17) is 4.52 Å². The summed E-state index contributed by atoms with van der Waals surface area (Å²) in [6, 6.07) is 11.7. The molecule has 1 N–H and O–H groups in total. The number of halogens is 1. The zero-order valence-electron chi connectivity index (χ0n) is 11.4. The van der Waals surface area contributed by atoms with Crippen molar-refractivity contribution >= 4 is 22.6 Å². The van der Waals surface area contributed by atoms with E-state index < -0.39 is 5.82 Å². The molecule has 0 unspecified atom stereocenters. The number of hydrogen-bond donors (Lipinski definition) is 1. The van der Waals surface area contributed by atoms with E-state index in [2.05, 4.69) is 10.5 Å². The summed E-state index contributed by atoms with van der Waals surface area (Å²) in [7, 11) is 0. The minimum absolute atomic E-state index is 0.0325. The second-order valence-corrected chi connectivity index (χ2v) is 4.79. The molecule has 0 radical (unpaired) electrons. The Hall–Kier alpha value is -2.69. The lowest BCUT2D eigenvalue weighted by Gasteiger charge is -2.04. The van der Waals surface area contributed by atoms with Crippen LogP contribution in [0.4, 0.5) is 10.1 Å². The lowest BCUT2D eigenvalue weighted by Crippen LogP contribution is -2.15. The van der Waals surface area contributed by atoms with Gasteiger partial charge >= 0.3 is 0 Å². The first-order chi connectivity index (χ1) is 10.1. The van der Waals surface area contributed by atoms with Crippen molar-refractivity contribution in [2.75, 3.05) is 5.32 Å². The van der Waals surface area contributed by atoms with Crippen molar-refractivity contribution in [3.05, 3.63) is 59.5 Å². The Bertz CT molecular complexity index is 811. The molecule has 0 aliphatic heterocycles. The maximum Gasteiger partial charge on any atom is 0.230 e. The first kappa shape index (κ1) is 13.3. The SMILES string of the molecule is Cc1cccc2c(CC(=O)Nc3ccccc3F)noc12. The van der Waals surface area contributed by atoms with Gasteiger partial charge in [0, 0.05) is 5.39 Å². The molecule has 1 aromatic heterocycles. The van der Waals surface area contributed by atoms with Crippen molar-refractivity contribution in [1.82, 2.24) is 5.16 Å². The number of aromatic nitrogens is 1. The highest BCUT2D eigenvalue weighted by atomic mass is 19.1. The topological polar surface area (TPSA) is 55.1 Å². The molecule has 0 spiro atoms. The Morgan fingerprint density at radius 3 is 2.86 bits per heavy atom. The van der Waals surface area contributed by atoms with Crippen molar-refractivity contribution < 1.29 is 13.7 Å². The number of carbonyl (C=O) groups is 1. The monoisotopic (exact) mass is 284 g/mol. The van der Waals surface area contributed by atoms with Gasteiger partial charge in [-0.2, -0.15) is 0 Å². The predicted molar refractivity (Wildman–Crippen MR) is 77.5 cm³/mol. The highest BCUT2D eigenvalue weighted by molar-refractivity contribution is 5.95. The smallest absolute Gasteiger partial charge is 0.230 e. The summed E-state index contributed by atoms with van der Waals surface area (Å²) in [5.41, 5.74) is 2.33. The lowest BCUT2D eigenvalue weighted by atomic mass is 10.1. The van der Waals surface area contributed by atoms with E-state index in [9.17, 15) is 9.18 Å². The molecule has 21 heavy (non-hydrogen) atoms. The average Bonchev–Trinajstić information content (AvgIpc) is 2.86. The first-order valence-electron chi connectivity index (χ1n) is 6.53. The van der Waals surface area contributed by atoms with Gasteiger partial charge in [-0.15, -0.1) is 0 Å². The lowest BCUT2D eigenvalue weighted by molar-refractivity contribution is -0.115. The van der Waals surface area contributed by atoms with Crippen molar-refractivity contribution in [2.45, 2.75) is 13.3 Å². The van der Waals surface area contributed by atoms with E-state index in [-0.39, 0.29) is 18.0 Å². The van der Waals surface area contributed by atoms with E-state index in [0.29, 0.717) is 11.3 Å². The number of nitrogens with zero attached hydrogens (tertiary/aromatic N) is 1. The molecule has 5 heteroatoms. The number of nitrogens with one attached hydrogen (secondary N) is 1. The van der Waals surface area contributed by atoms with Gasteiger partial charge in [-0.25, -0.2) is 4.39 Å². The largest absolute Gasteiger partial charge is 0.356 e. The maximum atomic E-state index is 13.5. The predicted octanol–water partition coefficient (Wildman–Crippen LogP) is 3.46. The number of para-hydroxylation sites is 2. The van der Waals surface area contributed by atoms with Gasteiger partial charge < -0.3 is 9.84 Å². The zero-order valence-corrected chi connectivity index (χ0v) is 11.4. The van der Waals surface area contributed by atoms with E-state index in [1.807, 2.05) is 25.1 Å². The van der Waals surface area contributed by atoms with Crippen molar-refractivity contribution in [3.8, 4) is 0 Å². The fourth-order valence-corrected chi connectivity index (χ4v) is 2.19. The van der Waals surface area contributed by atoms with E-state index in [0.717, 1.165) is 10.9 Å². The van der Waals surface area contributed by atoms with Crippen molar-refractivity contribution in [2.24, 2.45) is 0 Å². The Morgan fingerprint density at radius 1 is 1.24 bits per heavy atom. The molecule has 0 aliphatic carbocycles. The molecular weight excluding hydrogens is 271 g/mol. The van der Waals surface area contributed by atoms with Gasteiger partial charge in [-0.3, -0.25) is 4.79 Å². The summed E-state index contributed by atoms with van der Waals surface area (Å²) < 4.78 is 18.7. The third kappa shape index (κ3) is 2.63. The minimum Gasteiger partial charge on any atom is -0.356 e. The van der Waals surface area contributed by atoms with Crippen LogP contribution in [0, 0.1) is 12.7 Å². The molecule has 3 aromatic rings. The summed E-state index contributed by atoms with van der Waals surface area (Å²) in [4.78, 5) is 12.0. The summed E-state index contributed by atoms with van der Waals surface area (Å²) in [5, 5.41) is 7.27. The Labute approximate surface area is 120 Å². The molecule has 0 bridgehead atoms. The number of rotatable bonds is 3. The summed E-state index contributed by atoms with van der Waals surface area (Å²) >= 11 is 0. The van der Waals surface area contributed by atoms with Crippen molar-refractivity contribution in [3.63, 3.8) is 0 Å². The standard InChI is InChI=1S/C16H13FN2O2/c1-10-5-4-6-11-14(19-21-16(10)11)9-15(20)18-13-8-3-2-7-12(13)17/h2-8H,9H2,1H3,(H,18,20). The quantitative estimate of drug-likeness (QED) is 0.801. The summed E-state index contributed by atoms with van der Waals surface area (Å²) in [6.45, 7) is 1.91. The van der Waals surface area contributed by atoms with Gasteiger partial charge in [-0.05, 0) is 30.7 Å². The highest BCUT2D eigenvalue weighted by Crippen LogP contribution is 2.22. The van der Waals surface area contributed by atoms with Gasteiger partial charge in [-0.1, -0.05) is 29.4 Å². The van der Waals surface area contributed by atoms with Crippen molar-refractivity contribution in [1.29, 1.82) is 0 Å². The van der Waals surface area contributed by atoms with E-state index in [1.165, 1.54) is 12.1 Å². The first-order valence-corrected chi connectivity index (χ1v) is 6.53.